The number of nitrogens with one attached hydrogen (secondary N) is 1. The molecule has 0 aliphatic carbocycles. The highest BCUT2D eigenvalue weighted by Gasteiger charge is 2.14. The van der Waals surface area contributed by atoms with Crippen molar-refractivity contribution >= 4 is 12.0 Å². The van der Waals surface area contributed by atoms with Crippen molar-refractivity contribution in [2.45, 2.75) is 27.7 Å². The smallest absolute Gasteiger partial charge is 0.203 e. The summed E-state index contributed by atoms with van der Waals surface area (Å²) in [6.45, 7) is 9.82. The fraction of sp³-hybridized carbons (Fsp3) is 0.533. The predicted octanol–water partition coefficient (Wildman–Crippen LogP) is 3.08. The van der Waals surface area contributed by atoms with Crippen molar-refractivity contribution in [3.63, 3.8) is 0 Å². The van der Waals surface area contributed by atoms with E-state index >= 15 is 0 Å². The van der Waals surface area contributed by atoms with Gasteiger partial charge in [0.15, 0.2) is 11.5 Å². The molecule has 0 atom stereocenters. The first-order chi connectivity index (χ1) is 10.3. The SMILES string of the molecule is CCONC=Nc1cc(OCC)c(OCC)c(OCC)c1. The zero-order valence-electron chi connectivity index (χ0n) is 13.1. The molecule has 0 bridgehead atoms. The Morgan fingerprint density at radius 2 is 1.48 bits per heavy atom. The van der Waals surface area contributed by atoms with E-state index in [1.807, 2.05) is 27.7 Å². The Bertz CT molecular complexity index is 422. The lowest BCUT2D eigenvalue weighted by atomic mass is 10.2. The molecular weight excluding hydrogens is 272 g/mol. The summed E-state index contributed by atoms with van der Waals surface area (Å²) in [5, 5.41) is 0. The monoisotopic (exact) mass is 296 g/mol. The highest BCUT2D eigenvalue weighted by Crippen LogP contribution is 2.41. The molecule has 1 rings (SSSR count). The molecule has 0 saturated heterocycles. The molecule has 0 fully saturated rings. The Morgan fingerprint density at radius 1 is 0.905 bits per heavy atom. The first-order valence-electron chi connectivity index (χ1n) is 7.22. The summed E-state index contributed by atoms with van der Waals surface area (Å²) in [4.78, 5) is 9.24. The molecule has 118 valence electrons. The van der Waals surface area contributed by atoms with E-state index in [1.165, 1.54) is 6.34 Å². The maximum Gasteiger partial charge on any atom is 0.203 e. The minimum atomic E-state index is 0.536. The number of benzene rings is 1. The van der Waals surface area contributed by atoms with Gasteiger partial charge >= 0.3 is 0 Å². The molecule has 0 spiro atoms. The van der Waals surface area contributed by atoms with Crippen LogP contribution in [-0.2, 0) is 4.84 Å². The molecule has 6 heteroatoms. The topological polar surface area (TPSA) is 61.3 Å². The third kappa shape index (κ3) is 5.51. The zero-order valence-corrected chi connectivity index (χ0v) is 13.1. The number of nitrogens with zero attached hydrogens (tertiary/aromatic N) is 1. The lowest BCUT2D eigenvalue weighted by molar-refractivity contribution is 0.100. The number of ether oxygens (including phenoxy) is 3. The van der Waals surface area contributed by atoms with Crippen LogP contribution in [0.4, 0.5) is 5.69 Å². The Labute approximate surface area is 126 Å². The van der Waals surface area contributed by atoms with Gasteiger partial charge in [-0.05, 0) is 27.7 Å². The van der Waals surface area contributed by atoms with Crippen LogP contribution in [0.1, 0.15) is 27.7 Å². The Balaban J connectivity index is 3.06. The number of rotatable bonds is 10. The molecule has 0 aliphatic heterocycles. The van der Waals surface area contributed by atoms with E-state index in [2.05, 4.69) is 10.5 Å². The quantitative estimate of drug-likeness (QED) is 0.311. The highest BCUT2D eigenvalue weighted by molar-refractivity contribution is 5.66. The van der Waals surface area contributed by atoms with Crippen LogP contribution < -0.4 is 19.7 Å². The molecular formula is C15H24N2O4. The predicted molar refractivity (Wildman–Crippen MR) is 82.9 cm³/mol. The van der Waals surface area contributed by atoms with Crippen LogP contribution in [0.25, 0.3) is 0 Å². The summed E-state index contributed by atoms with van der Waals surface area (Å²) in [6.07, 6.45) is 1.48. The maximum atomic E-state index is 5.63. The molecule has 0 aliphatic rings. The summed E-state index contributed by atoms with van der Waals surface area (Å²) in [5.74, 6) is 1.85. The largest absolute Gasteiger partial charge is 0.490 e. The molecule has 0 heterocycles. The van der Waals surface area contributed by atoms with Gasteiger partial charge in [-0.15, -0.1) is 0 Å². The van der Waals surface area contributed by atoms with Crippen LogP contribution in [-0.4, -0.2) is 32.8 Å². The van der Waals surface area contributed by atoms with Crippen molar-refractivity contribution < 1.29 is 19.0 Å². The second kappa shape index (κ2) is 9.88. The van der Waals surface area contributed by atoms with Crippen molar-refractivity contribution in [2.24, 2.45) is 4.99 Å². The first-order valence-corrected chi connectivity index (χ1v) is 7.22. The molecule has 0 unspecified atom stereocenters. The van der Waals surface area contributed by atoms with Gasteiger partial charge in [-0.25, -0.2) is 4.99 Å². The van der Waals surface area contributed by atoms with Crippen molar-refractivity contribution in [1.29, 1.82) is 0 Å². The molecule has 21 heavy (non-hydrogen) atoms. The maximum absolute atomic E-state index is 5.63. The zero-order chi connectivity index (χ0) is 15.5. The summed E-state index contributed by atoms with van der Waals surface area (Å²) < 4.78 is 16.9. The van der Waals surface area contributed by atoms with Crippen molar-refractivity contribution in [2.75, 3.05) is 26.4 Å². The number of hydrogen-bond donors (Lipinski definition) is 1. The van der Waals surface area contributed by atoms with Gasteiger partial charge in [-0.2, -0.15) is 0 Å². The van der Waals surface area contributed by atoms with Crippen LogP contribution in [0.3, 0.4) is 0 Å². The van der Waals surface area contributed by atoms with E-state index in [0.717, 1.165) is 0 Å². The fourth-order valence-electron chi connectivity index (χ4n) is 1.67. The lowest BCUT2D eigenvalue weighted by Crippen LogP contribution is -2.10. The standard InChI is InChI=1S/C15H24N2O4/c1-5-18-13-9-12(16-11-17-21-8-4)10-14(19-6-2)15(13)20-7-3/h9-11H,5-8H2,1-4H3,(H,16,17). The Kier molecular flexibility index (Phi) is 8.04. The van der Waals surface area contributed by atoms with Gasteiger partial charge in [-0.1, -0.05) is 0 Å². The van der Waals surface area contributed by atoms with Crippen molar-refractivity contribution in [3.8, 4) is 17.2 Å². The van der Waals surface area contributed by atoms with Crippen LogP contribution in [0.2, 0.25) is 0 Å². The molecule has 6 nitrogen and oxygen atoms in total. The molecule has 0 saturated carbocycles. The van der Waals surface area contributed by atoms with Gasteiger partial charge in [0.25, 0.3) is 0 Å². The van der Waals surface area contributed by atoms with E-state index in [-0.39, 0.29) is 0 Å². The molecule has 1 N–H and O–H groups in total. The van der Waals surface area contributed by atoms with Crippen LogP contribution >= 0.6 is 0 Å². The van der Waals surface area contributed by atoms with Gasteiger partial charge in [0.2, 0.25) is 5.75 Å². The second-order valence-corrected chi connectivity index (χ2v) is 3.88. The van der Waals surface area contributed by atoms with Gasteiger partial charge in [0.05, 0.1) is 32.1 Å². The minimum Gasteiger partial charge on any atom is -0.490 e. The van der Waals surface area contributed by atoms with Gasteiger partial charge < -0.3 is 14.2 Å². The van der Waals surface area contributed by atoms with Gasteiger partial charge in [0, 0.05) is 12.1 Å². The Hall–Kier alpha value is -1.95. The number of aliphatic imine (C=N–C) groups is 1. The molecule has 0 radical (unpaired) electrons. The summed E-state index contributed by atoms with van der Waals surface area (Å²) in [7, 11) is 0. The van der Waals surface area contributed by atoms with E-state index in [1.54, 1.807) is 12.1 Å². The number of hydrogen-bond acceptors (Lipinski definition) is 5. The minimum absolute atomic E-state index is 0.536. The van der Waals surface area contributed by atoms with Gasteiger partial charge in [-0.3, -0.25) is 10.3 Å². The third-order valence-electron chi connectivity index (χ3n) is 2.39. The van der Waals surface area contributed by atoms with Gasteiger partial charge in [0.1, 0.15) is 6.34 Å². The normalized spacial score (nSPS) is 10.7. The van der Waals surface area contributed by atoms with Crippen molar-refractivity contribution in [1.82, 2.24) is 5.48 Å². The fourth-order valence-corrected chi connectivity index (χ4v) is 1.67. The van der Waals surface area contributed by atoms with E-state index in [4.69, 9.17) is 19.0 Å². The second-order valence-electron chi connectivity index (χ2n) is 3.88. The first kappa shape index (κ1) is 17.1. The number of hydroxylamine groups is 1. The summed E-state index contributed by atoms with van der Waals surface area (Å²) in [6, 6.07) is 3.61. The average Bonchev–Trinajstić information content (AvgIpc) is 2.47. The molecule has 1 aromatic carbocycles. The average molecular weight is 296 g/mol. The van der Waals surface area contributed by atoms with Crippen molar-refractivity contribution in [3.05, 3.63) is 12.1 Å². The Morgan fingerprint density at radius 3 is 1.95 bits per heavy atom. The molecule has 0 amide bonds. The molecule has 0 aromatic heterocycles. The van der Waals surface area contributed by atoms with E-state index in [9.17, 15) is 0 Å². The highest BCUT2D eigenvalue weighted by atomic mass is 16.6. The van der Waals surface area contributed by atoms with Crippen LogP contribution in [0, 0.1) is 0 Å². The van der Waals surface area contributed by atoms with E-state index in [0.29, 0.717) is 49.4 Å². The summed E-state index contributed by atoms with van der Waals surface area (Å²) >= 11 is 0. The van der Waals surface area contributed by atoms with Crippen LogP contribution in [0.5, 0.6) is 17.2 Å². The summed E-state index contributed by atoms with van der Waals surface area (Å²) in [5.41, 5.74) is 3.31. The lowest BCUT2D eigenvalue weighted by Gasteiger charge is -2.16. The molecule has 1 aromatic rings. The van der Waals surface area contributed by atoms with E-state index < -0.39 is 0 Å². The third-order valence-corrected chi connectivity index (χ3v) is 2.39. The van der Waals surface area contributed by atoms with Crippen LogP contribution in [0.15, 0.2) is 17.1 Å².